The summed E-state index contributed by atoms with van der Waals surface area (Å²) < 4.78 is 6.08. The van der Waals surface area contributed by atoms with Crippen LogP contribution in [0.2, 0.25) is 0 Å². The van der Waals surface area contributed by atoms with Gasteiger partial charge in [0.2, 0.25) is 53.2 Å². The van der Waals surface area contributed by atoms with Crippen LogP contribution in [0.4, 0.5) is 0 Å². The zero-order valence-corrected chi connectivity index (χ0v) is 40.8. The molecule has 3 aliphatic heterocycles. The lowest BCUT2D eigenvalue weighted by atomic mass is 9.93. The Morgan fingerprint density at radius 3 is 2.23 bits per heavy atom. The third-order valence-electron chi connectivity index (χ3n) is 12.9. The number of fused-ring (bicyclic) bond motifs is 5. The van der Waals surface area contributed by atoms with E-state index in [1.165, 1.54) is 6.92 Å². The van der Waals surface area contributed by atoms with Crippen molar-refractivity contribution in [3.8, 4) is 5.75 Å². The van der Waals surface area contributed by atoms with Crippen LogP contribution in [0.25, 0.3) is 10.9 Å². The number of rotatable bonds is 14. The molecule has 1 saturated heterocycles. The van der Waals surface area contributed by atoms with Crippen LogP contribution in [0.15, 0.2) is 23.2 Å². The van der Waals surface area contributed by atoms with Crippen molar-refractivity contribution in [2.45, 2.75) is 139 Å². The van der Waals surface area contributed by atoms with Crippen molar-refractivity contribution in [3.63, 3.8) is 0 Å². The van der Waals surface area contributed by atoms with Gasteiger partial charge in [0.05, 0.1) is 55.5 Å². The van der Waals surface area contributed by atoms with Gasteiger partial charge in [-0.05, 0) is 30.0 Å². The van der Waals surface area contributed by atoms with Crippen LogP contribution < -0.4 is 47.7 Å². The summed E-state index contributed by atoms with van der Waals surface area (Å²) in [4.78, 5) is 129. The molecule has 0 saturated carbocycles. The number of benzene rings is 1. The number of aliphatic hydroxyl groups excluding tert-OH is 3. The van der Waals surface area contributed by atoms with Crippen LogP contribution in [0, 0.1) is 11.8 Å². The molecule has 9 amide bonds. The molecule has 5 rings (SSSR count). The van der Waals surface area contributed by atoms with Gasteiger partial charge in [0.15, 0.2) is 0 Å². The van der Waals surface area contributed by atoms with Gasteiger partial charge in [-0.1, -0.05) is 59.8 Å². The highest BCUT2D eigenvalue weighted by Gasteiger charge is 2.45. The van der Waals surface area contributed by atoms with Crippen molar-refractivity contribution in [1.29, 1.82) is 0 Å². The number of primary amides is 1. The fourth-order valence-electron chi connectivity index (χ4n) is 8.54. The number of amides is 9. The summed E-state index contributed by atoms with van der Waals surface area (Å²) in [5.74, 6) is -9.76. The van der Waals surface area contributed by atoms with Gasteiger partial charge < -0.3 is 72.9 Å². The van der Waals surface area contributed by atoms with Gasteiger partial charge in [-0.2, -0.15) is 0 Å². The number of thioether (sulfide) groups is 1. The standard InChI is InChI=1S/C46H68N10O13S/c1-5-7-8-9-10-13-69-26-11-12-27-28-16-30-40(63)48-19-37(62)54-38(23(3)6-2)43(66)49-18-36(61)50-32(22-70-45(28)53-29(27)15-26)41(64)52-31(17-35(47)60)46(68)56-20-25(58)14-33(56)42(65)55-39(44(67)51-30)24(4)34(59)21-57/h11-12,15,23-25,30-34,38-39,53,57-59H,5-10,13-14,16-22H2,1-4H3,(H2,47,60)(H,48,63)(H,49,66)(H,50,61)(H,51,67)(H,52,64)(H,54,62)(H,55,65)/t23-,24-,25+,30-,31-,32-,33-,34-,38-,39-/m0/s1. The number of nitrogens with one attached hydrogen (secondary N) is 8. The number of carbonyl (C=O) groups excluding carboxylic acids is 9. The number of aromatic nitrogens is 1. The van der Waals surface area contributed by atoms with E-state index in [4.69, 9.17) is 10.5 Å². The van der Waals surface area contributed by atoms with Crippen molar-refractivity contribution in [3.05, 3.63) is 23.8 Å². The molecule has 24 heteroatoms. The van der Waals surface area contributed by atoms with E-state index in [9.17, 15) is 58.5 Å². The minimum absolute atomic E-state index is 0.273. The number of unbranched alkanes of at least 4 members (excludes halogenated alkanes) is 4. The van der Waals surface area contributed by atoms with E-state index in [-0.39, 0.29) is 18.6 Å². The SMILES string of the molecule is CCCCCCCOc1ccc2c3c([nH]c2c1)SC[C@@H]1NC(=O)CNC(=O)[C@H]([C@@H](C)CC)NC(=O)CNC(=O)[C@H](C3)NC(=O)[C@H]([C@@H](C)[C@@H](O)CO)NC(=O)[C@@H]2C[C@@H](O)CN2C(=O)[C@H](CC(N)=O)NC1=O. The van der Waals surface area contributed by atoms with Gasteiger partial charge in [0.1, 0.15) is 42.0 Å². The van der Waals surface area contributed by atoms with Crippen LogP contribution in [0.1, 0.15) is 84.6 Å². The molecule has 1 aromatic heterocycles. The van der Waals surface area contributed by atoms with Crippen LogP contribution in [0.3, 0.4) is 0 Å². The van der Waals surface area contributed by atoms with Crippen molar-refractivity contribution in [2.75, 3.05) is 38.6 Å². The smallest absolute Gasteiger partial charge is 0.246 e. The van der Waals surface area contributed by atoms with Gasteiger partial charge in [-0.15, -0.1) is 11.8 Å². The number of aromatic amines is 1. The van der Waals surface area contributed by atoms with Crippen LogP contribution in [-0.4, -0.2) is 165 Å². The average molecular weight is 1000 g/mol. The molecule has 1 fully saturated rings. The first-order valence-corrected chi connectivity index (χ1v) is 24.8. The fourth-order valence-corrected chi connectivity index (χ4v) is 9.66. The van der Waals surface area contributed by atoms with Gasteiger partial charge >= 0.3 is 0 Å². The third-order valence-corrected chi connectivity index (χ3v) is 14.0. The zero-order valence-electron chi connectivity index (χ0n) is 40.0. The summed E-state index contributed by atoms with van der Waals surface area (Å²) in [6.45, 7) is 4.77. The highest BCUT2D eigenvalue weighted by Crippen LogP contribution is 2.34. The Morgan fingerprint density at radius 1 is 0.843 bits per heavy atom. The molecular weight excluding hydrogens is 933 g/mol. The lowest BCUT2D eigenvalue weighted by molar-refractivity contribution is -0.144. The Kier molecular flexibility index (Phi) is 20.2. The van der Waals surface area contributed by atoms with Gasteiger partial charge in [0.25, 0.3) is 0 Å². The Hall–Kier alpha value is -5.98. The first kappa shape index (κ1) is 55.0. The molecule has 1 aromatic carbocycles. The highest BCUT2D eigenvalue weighted by molar-refractivity contribution is 7.99. The number of hydrogen-bond donors (Lipinski definition) is 12. The first-order chi connectivity index (χ1) is 33.3. The maximum absolute atomic E-state index is 14.6. The molecule has 0 radical (unpaired) electrons. The number of nitrogens with zero attached hydrogens (tertiary/aromatic N) is 1. The number of hydrogen-bond acceptors (Lipinski definition) is 14. The van der Waals surface area contributed by atoms with Gasteiger partial charge in [-0.25, -0.2) is 0 Å². The van der Waals surface area contributed by atoms with Crippen LogP contribution >= 0.6 is 11.8 Å². The maximum atomic E-state index is 14.6. The highest BCUT2D eigenvalue weighted by atomic mass is 32.2. The third kappa shape index (κ3) is 14.5. The van der Waals surface area contributed by atoms with E-state index in [2.05, 4.69) is 49.1 Å². The normalized spacial score (nSPS) is 26.0. The minimum atomic E-state index is -1.73. The molecule has 3 aliphatic rings. The Labute approximate surface area is 409 Å². The van der Waals surface area contributed by atoms with Crippen molar-refractivity contribution < 1.29 is 63.2 Å². The molecule has 10 atom stereocenters. The molecule has 386 valence electrons. The largest absolute Gasteiger partial charge is 0.494 e. The lowest BCUT2D eigenvalue weighted by Crippen LogP contribution is -2.62. The second-order valence-electron chi connectivity index (χ2n) is 18.2. The molecule has 0 aliphatic carbocycles. The van der Waals surface area contributed by atoms with Crippen molar-refractivity contribution in [2.24, 2.45) is 17.6 Å². The first-order valence-electron chi connectivity index (χ1n) is 23.9. The lowest BCUT2D eigenvalue weighted by Gasteiger charge is -2.32. The molecular formula is C46H68N10O13S. The summed E-state index contributed by atoms with van der Waals surface area (Å²) in [6, 6.07) is -3.96. The summed E-state index contributed by atoms with van der Waals surface area (Å²) in [5.41, 5.74) is 6.51. The predicted molar refractivity (Wildman–Crippen MR) is 254 cm³/mol. The Balaban J connectivity index is 1.69. The fraction of sp³-hybridized carbons (Fsp3) is 0.630. The van der Waals surface area contributed by atoms with Crippen LogP contribution in [-0.2, 0) is 49.6 Å². The Morgan fingerprint density at radius 2 is 1.54 bits per heavy atom. The topological polar surface area (TPSA) is 353 Å². The van der Waals surface area contributed by atoms with E-state index in [1.807, 2.05) is 0 Å². The Bertz CT molecular complexity index is 2240. The van der Waals surface area contributed by atoms with Gasteiger partial charge in [-0.3, -0.25) is 43.2 Å². The molecule has 0 unspecified atom stereocenters. The predicted octanol–water partition coefficient (Wildman–Crippen LogP) is -2.29. The molecule has 4 heterocycles. The van der Waals surface area contributed by atoms with E-state index >= 15 is 0 Å². The van der Waals surface area contributed by atoms with Crippen molar-refractivity contribution >= 4 is 75.8 Å². The number of ether oxygens (including phenoxy) is 1. The van der Waals surface area contributed by atoms with Crippen LogP contribution in [0.5, 0.6) is 5.75 Å². The quantitative estimate of drug-likeness (QED) is 0.0887. The van der Waals surface area contributed by atoms with Crippen molar-refractivity contribution in [1.82, 2.24) is 47.1 Å². The summed E-state index contributed by atoms with van der Waals surface area (Å²) in [7, 11) is 0. The summed E-state index contributed by atoms with van der Waals surface area (Å²) in [6.07, 6.45) is 1.16. The summed E-state index contributed by atoms with van der Waals surface area (Å²) in [5, 5.41) is 50.4. The number of carbonyl (C=O) groups is 9. The molecule has 70 heavy (non-hydrogen) atoms. The minimum Gasteiger partial charge on any atom is -0.494 e. The number of aliphatic hydroxyl groups is 3. The molecule has 23 nitrogen and oxygen atoms in total. The molecule has 0 spiro atoms. The number of H-pyrrole nitrogens is 1. The van der Waals surface area contributed by atoms with E-state index in [1.54, 1.807) is 32.0 Å². The monoisotopic (exact) mass is 1000 g/mol. The second-order valence-corrected chi connectivity index (χ2v) is 19.2. The second kappa shape index (κ2) is 25.8. The van der Waals surface area contributed by atoms with Gasteiger partial charge in [0, 0.05) is 42.5 Å². The summed E-state index contributed by atoms with van der Waals surface area (Å²) >= 11 is 1.02. The zero-order chi connectivity index (χ0) is 51.2. The average Bonchev–Trinajstić information content (AvgIpc) is 3.89. The van der Waals surface area contributed by atoms with E-state index in [0.29, 0.717) is 40.3 Å². The molecule has 2 bridgehead atoms. The van der Waals surface area contributed by atoms with E-state index in [0.717, 1.165) is 48.8 Å². The molecule has 13 N–H and O–H groups in total. The molecule has 2 aromatic rings. The number of nitrogens with two attached hydrogens (primary N) is 1. The maximum Gasteiger partial charge on any atom is 0.246 e. The van der Waals surface area contributed by atoms with E-state index < -0.39 is 146 Å².